The Hall–Kier alpha value is -3.95. The Labute approximate surface area is 169 Å². The van der Waals surface area contributed by atoms with Gasteiger partial charge in [0.25, 0.3) is 23.3 Å². The van der Waals surface area contributed by atoms with E-state index in [9.17, 15) is 24.0 Å². The van der Waals surface area contributed by atoms with E-state index in [0.29, 0.717) is 24.2 Å². The maximum atomic E-state index is 12.5. The number of amides is 5. The summed E-state index contributed by atoms with van der Waals surface area (Å²) in [6.45, 7) is 0.734. The lowest BCUT2D eigenvalue weighted by Gasteiger charge is -2.16. The summed E-state index contributed by atoms with van der Waals surface area (Å²) in [5.41, 5.74) is 6.52. The Morgan fingerprint density at radius 3 is 2.47 bits per heavy atom. The zero-order valence-corrected chi connectivity index (χ0v) is 15.8. The van der Waals surface area contributed by atoms with Gasteiger partial charge in [-0.1, -0.05) is 12.1 Å². The summed E-state index contributed by atoms with van der Waals surface area (Å²) in [6, 6.07) is 7.04. The number of nitrogens with one attached hydrogen (secondary N) is 1. The molecule has 5 amide bonds. The van der Waals surface area contributed by atoms with E-state index >= 15 is 0 Å². The third-order valence-electron chi connectivity index (χ3n) is 5.77. The van der Waals surface area contributed by atoms with Crippen LogP contribution in [0.25, 0.3) is 5.69 Å². The van der Waals surface area contributed by atoms with E-state index in [2.05, 4.69) is 5.32 Å². The molecule has 10 nitrogen and oxygen atoms in total. The van der Waals surface area contributed by atoms with Gasteiger partial charge in [0.15, 0.2) is 0 Å². The molecule has 2 aromatic rings. The minimum Gasteiger partial charge on any atom is -0.384 e. The van der Waals surface area contributed by atoms with Crippen LogP contribution in [0, 0.1) is 0 Å². The Kier molecular flexibility index (Phi) is 3.79. The first-order valence-electron chi connectivity index (χ1n) is 9.49. The minimum atomic E-state index is -0.651. The van der Waals surface area contributed by atoms with E-state index in [1.54, 1.807) is 29.2 Å². The third kappa shape index (κ3) is 2.46. The van der Waals surface area contributed by atoms with Gasteiger partial charge < -0.3 is 10.6 Å². The number of carbonyl (C=O) groups excluding carboxylic acids is 4. The quantitative estimate of drug-likeness (QED) is 0.552. The highest BCUT2D eigenvalue weighted by molar-refractivity contribution is 6.23. The number of pyridine rings is 1. The maximum Gasteiger partial charge on any atom is 0.327 e. The molecule has 2 saturated heterocycles. The van der Waals surface area contributed by atoms with Crippen LogP contribution in [0.5, 0.6) is 0 Å². The number of nitrogens with zero attached hydrogens (tertiary/aromatic N) is 3. The normalized spacial score (nSPS) is 20.1. The summed E-state index contributed by atoms with van der Waals surface area (Å²) in [7, 11) is 0. The van der Waals surface area contributed by atoms with Gasteiger partial charge in [0.1, 0.15) is 11.9 Å². The topological polar surface area (TPSA) is 135 Å². The van der Waals surface area contributed by atoms with Gasteiger partial charge in [0.05, 0.1) is 23.4 Å². The van der Waals surface area contributed by atoms with Gasteiger partial charge in [-0.15, -0.1) is 0 Å². The van der Waals surface area contributed by atoms with Gasteiger partial charge in [-0.2, -0.15) is 0 Å². The van der Waals surface area contributed by atoms with Crippen molar-refractivity contribution in [3.05, 3.63) is 57.4 Å². The number of urea groups is 1. The highest BCUT2D eigenvalue weighted by Gasteiger charge is 2.47. The molecule has 10 heteroatoms. The molecule has 0 saturated carbocycles. The summed E-state index contributed by atoms with van der Waals surface area (Å²) >= 11 is 0. The lowest BCUT2D eigenvalue weighted by molar-refractivity contribution is -0.128. The van der Waals surface area contributed by atoms with E-state index in [0.717, 1.165) is 17.1 Å². The first kappa shape index (κ1) is 18.1. The van der Waals surface area contributed by atoms with Crippen molar-refractivity contribution in [2.45, 2.75) is 25.4 Å². The summed E-state index contributed by atoms with van der Waals surface area (Å²) in [4.78, 5) is 64.0. The fraction of sp³-hybridized carbons (Fsp3) is 0.250. The summed E-state index contributed by atoms with van der Waals surface area (Å²) in [6.07, 6.45) is 1.53. The number of carbonyl (C=O) groups is 4. The summed E-state index contributed by atoms with van der Waals surface area (Å²) in [5.74, 6) is -1.61. The Morgan fingerprint density at radius 1 is 1.03 bits per heavy atom. The van der Waals surface area contributed by atoms with Crippen molar-refractivity contribution in [3.8, 4) is 5.69 Å². The number of hydrogen-bond donors (Lipinski definition) is 2. The Balaban J connectivity index is 1.44. The average Bonchev–Trinajstić information content (AvgIpc) is 3.36. The molecule has 4 heterocycles. The lowest BCUT2D eigenvalue weighted by Crippen LogP contribution is -2.32. The number of nitrogens with two attached hydrogens (primary N) is 1. The predicted molar refractivity (Wildman–Crippen MR) is 104 cm³/mol. The molecule has 5 rings (SSSR count). The van der Waals surface area contributed by atoms with Crippen molar-refractivity contribution in [3.63, 3.8) is 0 Å². The van der Waals surface area contributed by atoms with E-state index in [1.165, 1.54) is 4.90 Å². The molecule has 0 radical (unpaired) electrons. The molecule has 3 aliphatic rings. The van der Waals surface area contributed by atoms with Crippen LogP contribution >= 0.6 is 0 Å². The number of fused-ring (bicyclic) bond motifs is 2. The van der Waals surface area contributed by atoms with E-state index < -0.39 is 17.4 Å². The zero-order chi connectivity index (χ0) is 21.2. The minimum absolute atomic E-state index is 0.0301. The second-order valence-electron chi connectivity index (χ2n) is 7.50. The van der Waals surface area contributed by atoms with Gasteiger partial charge in [-0.05, 0) is 30.5 Å². The standard InChI is InChI=1S/C20H17N5O5/c21-16-15-12(17(27)22-18(15)28)8-14(26)25(16)11-5-3-10(4-6-11)9-24-19(29)13-2-1-7-23(13)20(24)30/h3-6,8,13H,1-2,7,9,21H2,(H,22,27,28). The SMILES string of the molecule is Nc1c2c(cc(=O)n1-c1ccc(CN3C(=O)C4CCCN4C3=O)cc1)C(=O)NC2=O. The molecule has 1 unspecified atom stereocenters. The predicted octanol–water partition coefficient (Wildman–Crippen LogP) is 0.230. The smallest absolute Gasteiger partial charge is 0.327 e. The fourth-order valence-electron chi connectivity index (χ4n) is 4.31. The van der Waals surface area contributed by atoms with Gasteiger partial charge in [0.2, 0.25) is 0 Å². The van der Waals surface area contributed by atoms with E-state index in [-0.39, 0.29) is 41.5 Å². The lowest BCUT2D eigenvalue weighted by atomic mass is 10.1. The largest absolute Gasteiger partial charge is 0.384 e. The van der Waals surface area contributed by atoms with Crippen molar-refractivity contribution in [2.75, 3.05) is 12.3 Å². The second-order valence-corrected chi connectivity index (χ2v) is 7.50. The molecular weight excluding hydrogens is 390 g/mol. The van der Waals surface area contributed by atoms with Crippen LogP contribution in [-0.4, -0.2) is 50.7 Å². The van der Waals surface area contributed by atoms with Crippen molar-refractivity contribution in [1.29, 1.82) is 0 Å². The molecule has 0 spiro atoms. The second kappa shape index (κ2) is 6.28. The van der Waals surface area contributed by atoms with Gasteiger partial charge in [-0.3, -0.25) is 34.0 Å². The van der Waals surface area contributed by atoms with Crippen molar-refractivity contribution < 1.29 is 19.2 Å². The zero-order valence-electron chi connectivity index (χ0n) is 15.8. The number of nitrogen functional groups attached to an aromatic ring is 1. The molecule has 1 atom stereocenters. The van der Waals surface area contributed by atoms with Crippen molar-refractivity contribution >= 4 is 29.6 Å². The molecule has 2 fully saturated rings. The van der Waals surface area contributed by atoms with Crippen LogP contribution in [0.1, 0.15) is 39.1 Å². The highest BCUT2D eigenvalue weighted by atomic mass is 16.2. The molecule has 30 heavy (non-hydrogen) atoms. The number of aromatic nitrogens is 1. The van der Waals surface area contributed by atoms with Crippen LogP contribution < -0.4 is 16.6 Å². The molecule has 1 aromatic carbocycles. The molecule has 1 aromatic heterocycles. The van der Waals surface area contributed by atoms with Crippen LogP contribution in [0.15, 0.2) is 35.1 Å². The fourth-order valence-corrected chi connectivity index (χ4v) is 4.31. The molecule has 3 N–H and O–H groups in total. The van der Waals surface area contributed by atoms with Crippen LogP contribution in [0.3, 0.4) is 0 Å². The number of benzene rings is 1. The highest BCUT2D eigenvalue weighted by Crippen LogP contribution is 2.29. The van der Waals surface area contributed by atoms with Gasteiger partial charge >= 0.3 is 6.03 Å². The number of rotatable bonds is 3. The van der Waals surface area contributed by atoms with Crippen LogP contribution in [0.2, 0.25) is 0 Å². The van der Waals surface area contributed by atoms with Crippen LogP contribution in [-0.2, 0) is 11.3 Å². The van der Waals surface area contributed by atoms with Crippen molar-refractivity contribution in [1.82, 2.24) is 19.7 Å². The molecule has 152 valence electrons. The van der Waals surface area contributed by atoms with E-state index in [1.807, 2.05) is 0 Å². The summed E-state index contributed by atoms with van der Waals surface area (Å²) in [5, 5.41) is 2.12. The monoisotopic (exact) mass is 407 g/mol. The third-order valence-corrected chi connectivity index (χ3v) is 5.77. The maximum absolute atomic E-state index is 12.5. The average molecular weight is 407 g/mol. The number of anilines is 1. The van der Waals surface area contributed by atoms with Gasteiger partial charge in [-0.25, -0.2) is 4.79 Å². The number of imide groups is 2. The molecule has 0 aliphatic carbocycles. The van der Waals surface area contributed by atoms with Crippen molar-refractivity contribution in [2.24, 2.45) is 0 Å². The Morgan fingerprint density at radius 2 is 1.77 bits per heavy atom. The molecule has 3 aliphatic heterocycles. The molecule has 0 bridgehead atoms. The van der Waals surface area contributed by atoms with E-state index in [4.69, 9.17) is 5.73 Å². The van der Waals surface area contributed by atoms with Crippen LogP contribution in [0.4, 0.5) is 10.6 Å². The Bertz CT molecular complexity index is 1180. The summed E-state index contributed by atoms with van der Waals surface area (Å²) < 4.78 is 1.14. The number of hydrogen-bond acceptors (Lipinski definition) is 6. The first-order chi connectivity index (χ1) is 14.4. The van der Waals surface area contributed by atoms with Gasteiger partial charge in [0, 0.05) is 12.6 Å². The molecular formula is C20H17N5O5. The first-order valence-corrected chi connectivity index (χ1v) is 9.49.